The SMILES string of the molecule is O=c1[nH]nc(-c2ncc3[nH]c(N4CCOC[C@H]4c4ccccc4)nc3n2)o1. The summed E-state index contributed by atoms with van der Waals surface area (Å²) in [6.07, 6.45) is 1.60. The first-order chi connectivity index (χ1) is 13.3. The molecular weight excluding hydrogens is 350 g/mol. The zero-order valence-corrected chi connectivity index (χ0v) is 14.1. The van der Waals surface area contributed by atoms with Gasteiger partial charge in [-0.25, -0.2) is 19.9 Å². The Balaban J connectivity index is 1.52. The van der Waals surface area contributed by atoms with E-state index in [9.17, 15) is 4.79 Å². The van der Waals surface area contributed by atoms with Crippen molar-refractivity contribution in [3.63, 3.8) is 0 Å². The lowest BCUT2D eigenvalue weighted by Gasteiger charge is -2.35. The predicted molar refractivity (Wildman–Crippen MR) is 95.1 cm³/mol. The van der Waals surface area contributed by atoms with Crippen LogP contribution in [0, 0.1) is 0 Å². The van der Waals surface area contributed by atoms with Crippen LogP contribution in [0.3, 0.4) is 0 Å². The molecule has 1 aliphatic rings. The van der Waals surface area contributed by atoms with Gasteiger partial charge in [-0.2, -0.15) is 4.98 Å². The van der Waals surface area contributed by atoms with Crippen molar-refractivity contribution in [3.8, 4) is 11.7 Å². The number of ether oxygens (including phenoxy) is 1. The summed E-state index contributed by atoms with van der Waals surface area (Å²) in [5.41, 5.74) is 2.31. The first kappa shape index (κ1) is 15.7. The number of aromatic amines is 2. The minimum absolute atomic E-state index is 0.0278. The number of nitrogens with one attached hydrogen (secondary N) is 2. The maximum Gasteiger partial charge on any atom is 0.434 e. The highest BCUT2D eigenvalue weighted by molar-refractivity contribution is 5.74. The molecule has 0 radical (unpaired) electrons. The van der Waals surface area contributed by atoms with Gasteiger partial charge in [-0.15, -0.1) is 5.10 Å². The highest BCUT2D eigenvalue weighted by Gasteiger charge is 2.27. The quantitative estimate of drug-likeness (QED) is 0.556. The van der Waals surface area contributed by atoms with E-state index in [4.69, 9.17) is 9.15 Å². The average Bonchev–Trinajstić information content (AvgIpc) is 3.34. The van der Waals surface area contributed by atoms with Crippen LogP contribution in [0.1, 0.15) is 11.6 Å². The van der Waals surface area contributed by atoms with Gasteiger partial charge in [-0.3, -0.25) is 0 Å². The van der Waals surface area contributed by atoms with E-state index in [1.54, 1.807) is 6.20 Å². The van der Waals surface area contributed by atoms with Gasteiger partial charge in [0.15, 0.2) is 5.65 Å². The molecule has 4 aromatic rings. The minimum atomic E-state index is -0.657. The zero-order chi connectivity index (χ0) is 18.2. The van der Waals surface area contributed by atoms with Crippen molar-refractivity contribution in [1.82, 2.24) is 30.1 Å². The van der Waals surface area contributed by atoms with Gasteiger partial charge in [-0.05, 0) is 5.56 Å². The van der Waals surface area contributed by atoms with Gasteiger partial charge in [0.1, 0.15) is 5.52 Å². The van der Waals surface area contributed by atoms with Gasteiger partial charge in [0.25, 0.3) is 5.89 Å². The number of rotatable bonds is 3. The van der Waals surface area contributed by atoms with Gasteiger partial charge in [0.05, 0.1) is 25.5 Å². The molecular formula is C17H15N7O3. The lowest BCUT2D eigenvalue weighted by atomic mass is 10.1. The predicted octanol–water partition coefficient (Wildman–Crippen LogP) is 1.27. The number of anilines is 1. The van der Waals surface area contributed by atoms with Crippen molar-refractivity contribution >= 4 is 17.1 Å². The molecule has 0 unspecified atom stereocenters. The number of fused-ring (bicyclic) bond motifs is 1. The first-order valence-electron chi connectivity index (χ1n) is 8.46. The van der Waals surface area contributed by atoms with Crippen LogP contribution in [0.4, 0.5) is 5.95 Å². The van der Waals surface area contributed by atoms with E-state index in [0.717, 1.165) is 5.56 Å². The summed E-state index contributed by atoms with van der Waals surface area (Å²) < 4.78 is 10.6. The van der Waals surface area contributed by atoms with Crippen LogP contribution < -0.4 is 10.7 Å². The molecule has 136 valence electrons. The molecule has 10 nitrogen and oxygen atoms in total. The van der Waals surface area contributed by atoms with Crippen molar-refractivity contribution in [3.05, 3.63) is 52.6 Å². The van der Waals surface area contributed by atoms with Gasteiger partial charge in [0.2, 0.25) is 11.8 Å². The highest BCUT2D eigenvalue weighted by atomic mass is 16.5. The second-order valence-electron chi connectivity index (χ2n) is 6.10. The molecule has 10 heteroatoms. The number of nitrogens with zero attached hydrogens (tertiary/aromatic N) is 5. The number of benzene rings is 1. The fourth-order valence-electron chi connectivity index (χ4n) is 3.17. The average molecular weight is 365 g/mol. The van der Waals surface area contributed by atoms with E-state index in [0.29, 0.717) is 36.9 Å². The summed E-state index contributed by atoms with van der Waals surface area (Å²) in [7, 11) is 0. The number of H-pyrrole nitrogens is 2. The summed E-state index contributed by atoms with van der Waals surface area (Å²) >= 11 is 0. The largest absolute Gasteiger partial charge is 0.434 e. The molecule has 0 saturated carbocycles. The molecule has 0 bridgehead atoms. The second kappa shape index (κ2) is 6.32. The Labute approximate surface area is 152 Å². The molecule has 1 saturated heterocycles. The Hall–Kier alpha value is -3.53. The van der Waals surface area contributed by atoms with Crippen LogP contribution in [0.2, 0.25) is 0 Å². The van der Waals surface area contributed by atoms with E-state index < -0.39 is 5.76 Å². The molecule has 4 heterocycles. The third-order valence-electron chi connectivity index (χ3n) is 4.44. The third kappa shape index (κ3) is 2.85. The summed E-state index contributed by atoms with van der Waals surface area (Å²) in [6.45, 7) is 1.90. The lowest BCUT2D eigenvalue weighted by molar-refractivity contribution is 0.0934. The molecule has 3 aromatic heterocycles. The summed E-state index contributed by atoms with van der Waals surface area (Å²) in [6, 6.07) is 10.2. The molecule has 0 amide bonds. The van der Waals surface area contributed by atoms with E-state index in [1.165, 1.54) is 0 Å². The van der Waals surface area contributed by atoms with Crippen LogP contribution in [0.5, 0.6) is 0 Å². The van der Waals surface area contributed by atoms with Crippen molar-refractivity contribution in [1.29, 1.82) is 0 Å². The monoisotopic (exact) mass is 365 g/mol. The molecule has 1 fully saturated rings. The molecule has 0 aliphatic carbocycles. The Morgan fingerprint density at radius 3 is 2.89 bits per heavy atom. The molecule has 5 rings (SSSR count). The maximum absolute atomic E-state index is 11.1. The summed E-state index contributed by atoms with van der Waals surface area (Å²) in [5, 5.41) is 5.94. The number of imidazole rings is 1. The van der Waals surface area contributed by atoms with Gasteiger partial charge in [-0.1, -0.05) is 30.3 Å². The normalized spacial score (nSPS) is 17.5. The van der Waals surface area contributed by atoms with Crippen molar-refractivity contribution in [2.75, 3.05) is 24.7 Å². The topological polar surface area (TPSA) is 126 Å². The molecule has 27 heavy (non-hydrogen) atoms. The highest BCUT2D eigenvalue weighted by Crippen LogP contribution is 2.29. The Morgan fingerprint density at radius 2 is 2.07 bits per heavy atom. The van der Waals surface area contributed by atoms with E-state index in [-0.39, 0.29) is 17.8 Å². The first-order valence-corrected chi connectivity index (χ1v) is 8.46. The fourth-order valence-corrected chi connectivity index (χ4v) is 3.17. The molecule has 1 atom stereocenters. The van der Waals surface area contributed by atoms with Crippen LogP contribution in [0.15, 0.2) is 45.7 Å². The standard InChI is InChI=1S/C17H15N7O3/c25-17-23-22-15(27-17)14-18-8-11-13(20-14)21-16(19-11)24-6-7-26-9-12(24)10-4-2-1-3-5-10/h1-5,8,12H,6-7,9H2,(H,23,25)(H,18,19,20,21)/t12-/m0/s1. The van der Waals surface area contributed by atoms with Crippen LogP contribution >= 0.6 is 0 Å². The molecule has 1 aromatic carbocycles. The van der Waals surface area contributed by atoms with E-state index in [1.807, 2.05) is 18.2 Å². The zero-order valence-electron chi connectivity index (χ0n) is 14.1. The van der Waals surface area contributed by atoms with E-state index >= 15 is 0 Å². The summed E-state index contributed by atoms with van der Waals surface area (Å²) in [4.78, 5) is 29.7. The molecule has 2 N–H and O–H groups in total. The van der Waals surface area contributed by atoms with Crippen LogP contribution in [-0.4, -0.2) is 49.9 Å². The Bertz CT molecular complexity index is 1130. The lowest BCUT2D eigenvalue weighted by Crippen LogP contribution is -2.40. The number of morpholine rings is 1. The molecule has 0 spiro atoms. The number of aromatic nitrogens is 6. The van der Waals surface area contributed by atoms with Crippen molar-refractivity contribution < 1.29 is 9.15 Å². The minimum Gasteiger partial charge on any atom is -0.384 e. The molecule has 1 aliphatic heterocycles. The summed E-state index contributed by atoms with van der Waals surface area (Å²) in [5.74, 6) is 0.257. The van der Waals surface area contributed by atoms with Crippen LogP contribution in [-0.2, 0) is 4.74 Å². The Kier molecular flexibility index (Phi) is 3.68. The van der Waals surface area contributed by atoms with Gasteiger partial charge < -0.3 is 19.0 Å². The van der Waals surface area contributed by atoms with Crippen molar-refractivity contribution in [2.24, 2.45) is 0 Å². The fraction of sp³-hybridized carbons (Fsp3) is 0.235. The van der Waals surface area contributed by atoms with Gasteiger partial charge in [0, 0.05) is 6.54 Å². The number of hydrogen-bond donors (Lipinski definition) is 2. The Morgan fingerprint density at radius 1 is 1.19 bits per heavy atom. The number of hydrogen-bond acceptors (Lipinski definition) is 8. The van der Waals surface area contributed by atoms with Gasteiger partial charge >= 0.3 is 5.76 Å². The maximum atomic E-state index is 11.1. The van der Waals surface area contributed by atoms with E-state index in [2.05, 4.69) is 47.2 Å². The third-order valence-corrected chi connectivity index (χ3v) is 4.44. The van der Waals surface area contributed by atoms with Crippen molar-refractivity contribution in [2.45, 2.75) is 6.04 Å². The smallest absolute Gasteiger partial charge is 0.384 e. The van der Waals surface area contributed by atoms with Crippen LogP contribution in [0.25, 0.3) is 22.9 Å². The second-order valence-corrected chi connectivity index (χ2v) is 6.10.